The lowest BCUT2D eigenvalue weighted by Gasteiger charge is -2.20. The van der Waals surface area contributed by atoms with Crippen molar-refractivity contribution in [1.29, 1.82) is 0 Å². The number of sulfone groups is 1. The van der Waals surface area contributed by atoms with Crippen LogP contribution in [0.1, 0.15) is 32.2 Å². The van der Waals surface area contributed by atoms with Gasteiger partial charge in [-0.05, 0) is 58.2 Å². The van der Waals surface area contributed by atoms with Gasteiger partial charge in [-0.3, -0.25) is 0 Å². The molecule has 0 atom stereocenters. The van der Waals surface area contributed by atoms with E-state index >= 15 is 0 Å². The number of nitrogen functional groups attached to an aromatic ring is 1. The molecule has 0 aliphatic heterocycles. The maximum atomic E-state index is 12.9. The van der Waals surface area contributed by atoms with E-state index in [1.807, 2.05) is 11.4 Å². The molecule has 29 heavy (non-hydrogen) atoms. The van der Waals surface area contributed by atoms with Crippen molar-refractivity contribution in [3.63, 3.8) is 0 Å². The van der Waals surface area contributed by atoms with Crippen LogP contribution >= 0.6 is 11.3 Å². The zero-order chi connectivity index (χ0) is 21.1. The highest BCUT2D eigenvalue weighted by molar-refractivity contribution is 7.92. The summed E-state index contributed by atoms with van der Waals surface area (Å²) < 4.78 is 28.3. The summed E-state index contributed by atoms with van der Waals surface area (Å²) in [5, 5.41) is 6.62. The molecule has 0 spiro atoms. The third-order valence-electron chi connectivity index (χ3n) is 4.97. The van der Waals surface area contributed by atoms with Crippen LogP contribution in [-0.2, 0) is 9.84 Å². The molecule has 4 aromatic rings. The van der Waals surface area contributed by atoms with Gasteiger partial charge in [0.2, 0.25) is 0 Å². The first kappa shape index (κ1) is 19.7. The Morgan fingerprint density at radius 3 is 2.38 bits per heavy atom. The van der Waals surface area contributed by atoms with Crippen molar-refractivity contribution < 1.29 is 8.42 Å². The number of aryl methyl sites for hydroxylation is 2. The van der Waals surface area contributed by atoms with Crippen LogP contribution < -0.4 is 5.73 Å². The van der Waals surface area contributed by atoms with E-state index in [1.54, 1.807) is 32.1 Å². The van der Waals surface area contributed by atoms with Crippen molar-refractivity contribution in [1.82, 2.24) is 19.2 Å². The number of aromatic nitrogens is 4. The Balaban J connectivity index is 1.90. The van der Waals surface area contributed by atoms with Gasteiger partial charge >= 0.3 is 0 Å². The predicted molar refractivity (Wildman–Crippen MR) is 116 cm³/mol. The molecule has 152 valence electrons. The molecule has 0 bridgehead atoms. The third-order valence-corrected chi connectivity index (χ3v) is 8.40. The van der Waals surface area contributed by atoms with E-state index in [0.29, 0.717) is 11.3 Å². The minimum atomic E-state index is -3.65. The van der Waals surface area contributed by atoms with Crippen LogP contribution in [0.5, 0.6) is 0 Å². The molecule has 0 radical (unpaired) electrons. The summed E-state index contributed by atoms with van der Waals surface area (Å²) in [5.74, 6) is 0.0719. The number of thiophene rings is 1. The Bertz CT molecular complexity index is 1320. The number of rotatable bonds is 3. The van der Waals surface area contributed by atoms with Crippen molar-refractivity contribution >= 4 is 32.6 Å². The smallest absolute Gasteiger partial charge is 0.188 e. The molecule has 2 N–H and O–H groups in total. The fraction of sp³-hybridized carbons (Fsp3) is 0.300. The van der Waals surface area contributed by atoms with Gasteiger partial charge in [0, 0.05) is 17.5 Å². The highest BCUT2D eigenvalue weighted by Gasteiger charge is 2.34. The molecule has 7 nitrogen and oxygen atoms in total. The van der Waals surface area contributed by atoms with E-state index in [1.165, 1.54) is 10.7 Å². The molecule has 0 saturated carbocycles. The van der Waals surface area contributed by atoms with Gasteiger partial charge in [-0.15, -0.1) is 11.3 Å². The van der Waals surface area contributed by atoms with E-state index < -0.39 is 14.6 Å². The summed E-state index contributed by atoms with van der Waals surface area (Å²) in [6.07, 6.45) is 1.33. The molecule has 0 fully saturated rings. The van der Waals surface area contributed by atoms with Crippen molar-refractivity contribution in [3.05, 3.63) is 47.2 Å². The van der Waals surface area contributed by atoms with Crippen LogP contribution in [0.4, 0.5) is 5.82 Å². The Kier molecular flexibility index (Phi) is 4.36. The van der Waals surface area contributed by atoms with Crippen LogP contribution in [0, 0.1) is 13.8 Å². The lowest BCUT2D eigenvalue weighted by atomic mass is 10.3. The van der Waals surface area contributed by atoms with E-state index in [4.69, 9.17) is 5.73 Å². The fourth-order valence-electron chi connectivity index (χ4n) is 3.30. The largest absolute Gasteiger partial charge is 0.382 e. The third kappa shape index (κ3) is 2.96. The maximum Gasteiger partial charge on any atom is 0.188 e. The van der Waals surface area contributed by atoms with Gasteiger partial charge in [0.05, 0.1) is 21.5 Å². The van der Waals surface area contributed by atoms with E-state index in [2.05, 4.69) is 46.7 Å². The number of fused-ring (bicyclic) bond motifs is 1. The number of nitrogens with zero attached hydrogens (tertiary/aromatic N) is 4. The Morgan fingerprint density at radius 2 is 1.76 bits per heavy atom. The maximum absolute atomic E-state index is 12.9. The zero-order valence-electron chi connectivity index (χ0n) is 17.0. The molecular weight excluding hydrogens is 406 g/mol. The molecule has 4 heterocycles. The summed E-state index contributed by atoms with van der Waals surface area (Å²) in [6.45, 7) is 9.03. The standard InChI is InChI=1S/C20H23N5O2S2/c1-12-6-7-13(2)24(12)15-8-9-28-18(15)14-10-17-22-11-16(19(21)25(17)23-14)29(26,27)20(3,4)5/h6-11H,21H2,1-5H3. The molecule has 0 aromatic carbocycles. The summed E-state index contributed by atoms with van der Waals surface area (Å²) >= 11 is 1.57. The molecule has 0 saturated heterocycles. The van der Waals surface area contributed by atoms with E-state index in [-0.39, 0.29) is 10.7 Å². The second kappa shape index (κ2) is 6.43. The summed E-state index contributed by atoms with van der Waals surface area (Å²) in [7, 11) is -3.65. The normalized spacial score (nSPS) is 12.7. The second-order valence-corrected chi connectivity index (χ2v) is 11.6. The van der Waals surface area contributed by atoms with Crippen LogP contribution in [0.2, 0.25) is 0 Å². The Labute approximate surface area is 173 Å². The van der Waals surface area contributed by atoms with Crippen LogP contribution in [-0.4, -0.2) is 32.3 Å². The van der Waals surface area contributed by atoms with Crippen molar-refractivity contribution in [2.75, 3.05) is 5.73 Å². The highest BCUT2D eigenvalue weighted by Crippen LogP contribution is 2.35. The number of hydrogen-bond donors (Lipinski definition) is 1. The minimum Gasteiger partial charge on any atom is -0.382 e. The predicted octanol–water partition coefficient (Wildman–Crippen LogP) is 4.02. The van der Waals surface area contributed by atoms with Gasteiger partial charge in [0.25, 0.3) is 0 Å². The number of anilines is 1. The van der Waals surface area contributed by atoms with Gasteiger partial charge in [-0.25, -0.2) is 13.4 Å². The fourth-order valence-corrected chi connectivity index (χ4v) is 5.35. The van der Waals surface area contributed by atoms with Crippen LogP contribution in [0.25, 0.3) is 21.9 Å². The first-order valence-electron chi connectivity index (χ1n) is 9.14. The number of hydrogen-bond acceptors (Lipinski definition) is 6. The summed E-state index contributed by atoms with van der Waals surface area (Å²) in [5.41, 5.74) is 10.7. The lowest BCUT2D eigenvalue weighted by molar-refractivity contribution is 0.559. The monoisotopic (exact) mass is 429 g/mol. The van der Waals surface area contributed by atoms with Crippen molar-refractivity contribution in [3.8, 4) is 16.3 Å². The summed E-state index contributed by atoms with van der Waals surface area (Å²) in [4.78, 5) is 5.28. The first-order valence-corrected chi connectivity index (χ1v) is 11.5. The molecular formula is C20H23N5O2S2. The minimum absolute atomic E-state index is 0.00403. The number of nitrogens with two attached hydrogens (primary N) is 1. The van der Waals surface area contributed by atoms with Gasteiger partial charge in [0.1, 0.15) is 16.4 Å². The molecule has 4 aromatic heterocycles. The molecule has 4 rings (SSSR count). The van der Waals surface area contributed by atoms with Gasteiger partial charge in [-0.1, -0.05) is 0 Å². The van der Waals surface area contributed by atoms with Gasteiger partial charge in [0.15, 0.2) is 15.5 Å². The van der Waals surface area contributed by atoms with Crippen molar-refractivity contribution in [2.24, 2.45) is 0 Å². The van der Waals surface area contributed by atoms with Crippen molar-refractivity contribution in [2.45, 2.75) is 44.3 Å². The zero-order valence-corrected chi connectivity index (χ0v) is 18.6. The summed E-state index contributed by atoms with van der Waals surface area (Å²) in [6, 6.07) is 8.02. The van der Waals surface area contributed by atoms with Crippen LogP contribution in [0.3, 0.4) is 0 Å². The highest BCUT2D eigenvalue weighted by atomic mass is 32.2. The Morgan fingerprint density at radius 1 is 1.10 bits per heavy atom. The molecule has 0 aliphatic carbocycles. The molecule has 9 heteroatoms. The van der Waals surface area contributed by atoms with Gasteiger partial charge < -0.3 is 10.3 Å². The molecule has 0 amide bonds. The average Bonchev–Trinajstić information content (AvgIpc) is 3.32. The molecule has 0 unspecified atom stereocenters. The van der Waals surface area contributed by atoms with Gasteiger partial charge in [-0.2, -0.15) is 9.61 Å². The second-order valence-electron chi connectivity index (χ2n) is 8.01. The van der Waals surface area contributed by atoms with E-state index in [0.717, 1.165) is 22.0 Å². The van der Waals surface area contributed by atoms with Crippen LogP contribution in [0.15, 0.2) is 40.7 Å². The molecule has 0 aliphatic rings. The average molecular weight is 430 g/mol. The topological polar surface area (TPSA) is 95.3 Å². The Hall–Kier alpha value is -2.65. The quantitative estimate of drug-likeness (QED) is 0.531. The van der Waals surface area contributed by atoms with E-state index in [9.17, 15) is 8.42 Å². The first-order chi connectivity index (χ1) is 13.5. The SMILES string of the molecule is Cc1ccc(C)n1-c1ccsc1-c1cc2ncc(S(=O)(=O)C(C)(C)C)c(N)n2n1. The lowest BCUT2D eigenvalue weighted by Crippen LogP contribution is -2.29.